The molecule has 86 valence electrons. The van der Waals surface area contributed by atoms with Crippen molar-refractivity contribution in [2.75, 3.05) is 6.54 Å². The molecule has 5 heteroatoms. The normalized spacial score (nSPS) is 19.2. The summed E-state index contributed by atoms with van der Waals surface area (Å²) in [5.41, 5.74) is -0.659. The molecule has 1 fully saturated rings. The number of thiophene rings is 1. The largest absolute Gasteiger partial charge is 0.325 e. The lowest BCUT2D eigenvalue weighted by Crippen LogP contribution is -2.46. The Hall–Kier alpha value is -0.680. The van der Waals surface area contributed by atoms with Gasteiger partial charge in [-0.15, -0.1) is 11.3 Å². The summed E-state index contributed by atoms with van der Waals surface area (Å²) < 4.78 is 0.930. The fraction of sp³-hybridized carbons (Fsp3) is 0.455. The molecule has 16 heavy (non-hydrogen) atoms. The zero-order chi connectivity index (χ0) is 11.9. The topological polar surface area (TPSA) is 37.4 Å². The molecule has 0 spiro atoms. The van der Waals surface area contributed by atoms with E-state index in [1.807, 2.05) is 19.9 Å². The third-order valence-corrected chi connectivity index (χ3v) is 4.56. The highest BCUT2D eigenvalue weighted by molar-refractivity contribution is 9.11. The molecule has 0 N–H and O–H groups in total. The van der Waals surface area contributed by atoms with Gasteiger partial charge in [-0.1, -0.05) is 0 Å². The Balaban J connectivity index is 2.27. The van der Waals surface area contributed by atoms with Crippen LogP contribution >= 0.6 is 27.3 Å². The summed E-state index contributed by atoms with van der Waals surface area (Å²) in [5, 5.41) is 0. The van der Waals surface area contributed by atoms with Crippen LogP contribution in [-0.4, -0.2) is 28.7 Å². The molecule has 1 aliphatic heterocycles. The van der Waals surface area contributed by atoms with E-state index in [4.69, 9.17) is 0 Å². The monoisotopic (exact) mass is 301 g/mol. The van der Waals surface area contributed by atoms with Gasteiger partial charge in [0.2, 0.25) is 0 Å². The van der Waals surface area contributed by atoms with Crippen molar-refractivity contribution in [1.29, 1.82) is 0 Å². The van der Waals surface area contributed by atoms with Crippen molar-refractivity contribution < 1.29 is 9.59 Å². The van der Waals surface area contributed by atoms with E-state index in [1.54, 1.807) is 11.0 Å². The lowest BCUT2D eigenvalue weighted by Gasteiger charge is -2.29. The highest BCUT2D eigenvalue weighted by Gasteiger charge is 2.43. The van der Waals surface area contributed by atoms with Gasteiger partial charge >= 0.3 is 0 Å². The van der Waals surface area contributed by atoms with E-state index in [9.17, 15) is 9.59 Å². The molecule has 1 aromatic heterocycles. The van der Waals surface area contributed by atoms with Crippen LogP contribution in [0.3, 0.4) is 0 Å². The molecule has 0 unspecified atom stereocenters. The number of Topliss-reactive ketones (excluding diaryl/α,β-unsaturated/α-hetero) is 1. The van der Waals surface area contributed by atoms with Crippen LogP contribution in [0.1, 0.15) is 29.9 Å². The Morgan fingerprint density at radius 3 is 2.62 bits per heavy atom. The first-order valence-electron chi connectivity index (χ1n) is 5.03. The SMILES string of the molecule is CC1(C)C(=O)CCN1C(=O)c1ccc(Br)s1. The second-order valence-corrected chi connectivity index (χ2v) is 6.76. The number of rotatable bonds is 1. The van der Waals surface area contributed by atoms with Crippen LogP contribution in [0.5, 0.6) is 0 Å². The number of nitrogens with zero attached hydrogens (tertiary/aromatic N) is 1. The standard InChI is InChI=1S/C11H12BrNO2S/c1-11(2)8(14)5-6-13(11)10(15)7-3-4-9(12)16-7/h3-4H,5-6H2,1-2H3. The van der Waals surface area contributed by atoms with Crippen LogP contribution in [0.15, 0.2) is 15.9 Å². The molecule has 0 radical (unpaired) electrons. The quantitative estimate of drug-likeness (QED) is 0.800. The Bertz CT molecular complexity index is 453. The molecule has 1 amide bonds. The van der Waals surface area contributed by atoms with Gasteiger partial charge in [-0.25, -0.2) is 0 Å². The fourth-order valence-corrected chi connectivity index (χ4v) is 3.20. The van der Waals surface area contributed by atoms with Gasteiger partial charge in [-0.3, -0.25) is 9.59 Å². The first-order chi connectivity index (χ1) is 7.43. The van der Waals surface area contributed by atoms with Crippen molar-refractivity contribution in [3.05, 3.63) is 20.8 Å². The van der Waals surface area contributed by atoms with E-state index < -0.39 is 5.54 Å². The van der Waals surface area contributed by atoms with E-state index in [0.717, 1.165) is 3.79 Å². The zero-order valence-electron chi connectivity index (χ0n) is 9.12. The molecule has 0 atom stereocenters. The third kappa shape index (κ3) is 1.82. The van der Waals surface area contributed by atoms with E-state index in [1.165, 1.54) is 11.3 Å². The Morgan fingerprint density at radius 2 is 2.19 bits per heavy atom. The first-order valence-corrected chi connectivity index (χ1v) is 6.64. The number of carbonyl (C=O) groups excluding carboxylic acids is 2. The van der Waals surface area contributed by atoms with E-state index >= 15 is 0 Å². The smallest absolute Gasteiger partial charge is 0.264 e. The molecule has 2 heterocycles. The molecular formula is C11H12BrNO2S. The molecule has 0 aromatic carbocycles. The second kappa shape index (κ2) is 3.96. The van der Waals surface area contributed by atoms with Crippen LogP contribution in [0.2, 0.25) is 0 Å². The van der Waals surface area contributed by atoms with Gasteiger partial charge in [0, 0.05) is 13.0 Å². The summed E-state index contributed by atoms with van der Waals surface area (Å²) in [6.07, 6.45) is 0.464. The molecule has 2 rings (SSSR count). The number of likely N-dealkylation sites (tertiary alicyclic amines) is 1. The molecule has 0 bridgehead atoms. The summed E-state index contributed by atoms with van der Waals surface area (Å²) in [6.45, 7) is 4.14. The van der Waals surface area contributed by atoms with Crippen molar-refractivity contribution in [1.82, 2.24) is 4.90 Å². The van der Waals surface area contributed by atoms with Crippen molar-refractivity contribution in [3.63, 3.8) is 0 Å². The molecular weight excluding hydrogens is 290 g/mol. The zero-order valence-corrected chi connectivity index (χ0v) is 11.5. The van der Waals surface area contributed by atoms with Crippen molar-refractivity contribution in [2.45, 2.75) is 25.8 Å². The minimum Gasteiger partial charge on any atom is -0.325 e. The minimum atomic E-state index is -0.659. The average molecular weight is 302 g/mol. The average Bonchev–Trinajstić information content (AvgIpc) is 2.73. The molecule has 0 aliphatic carbocycles. The van der Waals surface area contributed by atoms with Crippen molar-refractivity contribution in [3.8, 4) is 0 Å². The van der Waals surface area contributed by atoms with E-state index in [-0.39, 0.29) is 11.7 Å². The lowest BCUT2D eigenvalue weighted by molar-refractivity contribution is -0.123. The highest BCUT2D eigenvalue weighted by Crippen LogP contribution is 2.30. The number of carbonyl (C=O) groups is 2. The van der Waals surface area contributed by atoms with Crippen LogP contribution in [-0.2, 0) is 4.79 Å². The lowest BCUT2D eigenvalue weighted by atomic mass is 10.0. The van der Waals surface area contributed by atoms with E-state index in [0.29, 0.717) is 17.8 Å². The summed E-state index contributed by atoms with van der Waals surface area (Å²) in [7, 11) is 0. The number of amides is 1. The number of ketones is 1. The molecule has 0 saturated carbocycles. The van der Waals surface area contributed by atoms with Gasteiger partial charge < -0.3 is 4.90 Å². The van der Waals surface area contributed by atoms with Crippen LogP contribution in [0, 0.1) is 0 Å². The Labute approximate surface area is 107 Å². The van der Waals surface area contributed by atoms with Gasteiger partial charge in [0.1, 0.15) is 0 Å². The van der Waals surface area contributed by atoms with Gasteiger partial charge in [0.15, 0.2) is 5.78 Å². The van der Waals surface area contributed by atoms with Crippen LogP contribution in [0.25, 0.3) is 0 Å². The minimum absolute atomic E-state index is 0.0495. The molecule has 1 aliphatic rings. The summed E-state index contributed by atoms with van der Waals surface area (Å²) in [5.74, 6) is 0.0861. The van der Waals surface area contributed by atoms with Gasteiger partial charge in [-0.2, -0.15) is 0 Å². The first kappa shape index (κ1) is 11.8. The maximum atomic E-state index is 12.2. The molecule has 3 nitrogen and oxygen atoms in total. The Morgan fingerprint density at radius 1 is 1.50 bits per heavy atom. The van der Waals surface area contributed by atoms with Gasteiger partial charge in [0.05, 0.1) is 14.2 Å². The summed E-state index contributed by atoms with van der Waals surface area (Å²) in [4.78, 5) is 26.2. The maximum absolute atomic E-state index is 12.2. The Kier molecular flexibility index (Phi) is 2.92. The van der Waals surface area contributed by atoms with Crippen LogP contribution < -0.4 is 0 Å². The molecule has 1 aromatic rings. The summed E-state index contributed by atoms with van der Waals surface area (Å²) in [6, 6.07) is 3.64. The number of hydrogen-bond acceptors (Lipinski definition) is 3. The van der Waals surface area contributed by atoms with Gasteiger partial charge in [-0.05, 0) is 41.9 Å². The molecule has 1 saturated heterocycles. The van der Waals surface area contributed by atoms with Crippen LogP contribution in [0.4, 0.5) is 0 Å². The van der Waals surface area contributed by atoms with Crippen molar-refractivity contribution in [2.24, 2.45) is 0 Å². The number of halogens is 1. The summed E-state index contributed by atoms with van der Waals surface area (Å²) >= 11 is 4.73. The third-order valence-electron chi connectivity index (χ3n) is 2.95. The van der Waals surface area contributed by atoms with Gasteiger partial charge in [0.25, 0.3) is 5.91 Å². The number of hydrogen-bond donors (Lipinski definition) is 0. The predicted molar refractivity (Wildman–Crippen MR) is 66.8 cm³/mol. The van der Waals surface area contributed by atoms with E-state index in [2.05, 4.69) is 15.9 Å². The second-order valence-electron chi connectivity index (χ2n) is 4.29. The predicted octanol–water partition coefficient (Wildman–Crippen LogP) is 2.70. The highest BCUT2D eigenvalue weighted by atomic mass is 79.9. The fourth-order valence-electron chi connectivity index (χ4n) is 1.87. The maximum Gasteiger partial charge on any atom is 0.264 e. The van der Waals surface area contributed by atoms with Crippen molar-refractivity contribution >= 4 is 39.0 Å².